The predicted molar refractivity (Wildman–Crippen MR) is 55.5 cm³/mol. The van der Waals surface area contributed by atoms with Crippen LogP contribution in [0.25, 0.3) is 0 Å². The van der Waals surface area contributed by atoms with Crippen molar-refractivity contribution in [1.82, 2.24) is 10.2 Å². The summed E-state index contributed by atoms with van der Waals surface area (Å²) in [5.74, 6) is -0.112. The van der Waals surface area contributed by atoms with Crippen molar-refractivity contribution >= 4 is 5.91 Å². The summed E-state index contributed by atoms with van der Waals surface area (Å²) in [4.78, 5) is 13.3. The van der Waals surface area contributed by atoms with Crippen molar-refractivity contribution in [3.05, 3.63) is 0 Å². The zero-order chi connectivity index (χ0) is 13.1. The van der Waals surface area contributed by atoms with Crippen LogP contribution in [0.5, 0.6) is 0 Å². The SMILES string of the molecule is CC1(C)NCCN(CCOCC(F)(F)F)C1=O. The van der Waals surface area contributed by atoms with Gasteiger partial charge in [0, 0.05) is 19.6 Å². The molecule has 1 aliphatic rings. The zero-order valence-corrected chi connectivity index (χ0v) is 9.93. The van der Waals surface area contributed by atoms with Crippen LogP contribution in [0.4, 0.5) is 13.2 Å². The molecule has 0 bridgehead atoms. The molecule has 1 N–H and O–H groups in total. The molecule has 1 saturated heterocycles. The number of hydrogen-bond donors (Lipinski definition) is 1. The zero-order valence-electron chi connectivity index (χ0n) is 9.93. The average Bonchev–Trinajstić information content (AvgIpc) is 2.17. The summed E-state index contributed by atoms with van der Waals surface area (Å²) in [6.45, 7) is 3.46. The standard InChI is InChI=1S/C10H17F3N2O2/c1-9(2)8(16)15(4-3-14-9)5-6-17-7-10(11,12)13/h14H,3-7H2,1-2H3. The minimum atomic E-state index is -4.31. The van der Waals surface area contributed by atoms with Gasteiger partial charge in [-0.1, -0.05) is 0 Å². The van der Waals surface area contributed by atoms with Gasteiger partial charge >= 0.3 is 6.18 Å². The van der Waals surface area contributed by atoms with Gasteiger partial charge in [0.2, 0.25) is 5.91 Å². The lowest BCUT2D eigenvalue weighted by Crippen LogP contribution is -2.61. The number of ether oxygens (including phenoxy) is 1. The quantitative estimate of drug-likeness (QED) is 0.754. The molecule has 1 rings (SSSR count). The summed E-state index contributed by atoms with van der Waals surface area (Å²) >= 11 is 0. The van der Waals surface area contributed by atoms with Gasteiger partial charge in [-0.25, -0.2) is 0 Å². The summed E-state index contributed by atoms with van der Waals surface area (Å²) in [7, 11) is 0. The number of nitrogens with one attached hydrogen (secondary N) is 1. The summed E-state index contributed by atoms with van der Waals surface area (Å²) in [6, 6.07) is 0. The predicted octanol–water partition coefficient (Wildman–Crippen LogP) is 0.776. The van der Waals surface area contributed by atoms with Gasteiger partial charge in [-0.05, 0) is 13.8 Å². The second-order valence-corrected chi connectivity index (χ2v) is 4.51. The fourth-order valence-electron chi connectivity index (χ4n) is 1.65. The van der Waals surface area contributed by atoms with Crippen LogP contribution in [0.2, 0.25) is 0 Å². The van der Waals surface area contributed by atoms with Crippen LogP contribution in [0.3, 0.4) is 0 Å². The van der Waals surface area contributed by atoms with E-state index in [-0.39, 0.29) is 19.1 Å². The molecule has 0 aliphatic carbocycles. The number of carbonyl (C=O) groups is 1. The molecule has 0 radical (unpaired) electrons. The van der Waals surface area contributed by atoms with Gasteiger partial charge in [0.05, 0.1) is 12.1 Å². The molecule has 7 heteroatoms. The summed E-state index contributed by atoms with van der Waals surface area (Å²) in [5, 5.41) is 3.04. The third-order valence-electron chi connectivity index (χ3n) is 2.54. The second-order valence-electron chi connectivity index (χ2n) is 4.51. The van der Waals surface area contributed by atoms with Crippen molar-refractivity contribution in [1.29, 1.82) is 0 Å². The molecular formula is C10H17F3N2O2. The van der Waals surface area contributed by atoms with Gasteiger partial charge in [-0.15, -0.1) is 0 Å². The number of nitrogens with zero attached hydrogens (tertiary/aromatic N) is 1. The molecule has 0 unspecified atom stereocenters. The molecule has 0 aromatic rings. The highest BCUT2D eigenvalue weighted by Crippen LogP contribution is 2.15. The summed E-state index contributed by atoms with van der Waals surface area (Å²) in [6.07, 6.45) is -4.31. The lowest BCUT2D eigenvalue weighted by atomic mass is 10.0. The Kier molecular flexibility index (Phi) is 4.37. The molecule has 1 amide bonds. The molecule has 0 saturated carbocycles. The first kappa shape index (κ1) is 14.2. The Bertz CT molecular complexity index is 279. The maximum atomic E-state index is 11.8. The van der Waals surface area contributed by atoms with Crippen molar-refractivity contribution in [3.8, 4) is 0 Å². The van der Waals surface area contributed by atoms with E-state index in [9.17, 15) is 18.0 Å². The largest absolute Gasteiger partial charge is 0.411 e. The van der Waals surface area contributed by atoms with Crippen molar-refractivity contribution < 1.29 is 22.7 Å². The lowest BCUT2D eigenvalue weighted by molar-refractivity contribution is -0.175. The first-order valence-corrected chi connectivity index (χ1v) is 5.41. The molecule has 1 aliphatic heterocycles. The minimum absolute atomic E-state index is 0.0959. The number of alkyl halides is 3. The summed E-state index contributed by atoms with van der Waals surface area (Å²) < 4.78 is 39.9. The van der Waals surface area contributed by atoms with E-state index in [0.29, 0.717) is 13.1 Å². The molecule has 17 heavy (non-hydrogen) atoms. The number of carbonyl (C=O) groups excluding carboxylic acids is 1. The number of halogens is 3. The third-order valence-corrected chi connectivity index (χ3v) is 2.54. The highest BCUT2D eigenvalue weighted by Gasteiger charge is 2.35. The van der Waals surface area contributed by atoms with Gasteiger partial charge in [-0.2, -0.15) is 13.2 Å². The normalized spacial score (nSPS) is 20.8. The Morgan fingerprint density at radius 3 is 2.71 bits per heavy atom. The minimum Gasteiger partial charge on any atom is -0.370 e. The molecule has 100 valence electrons. The smallest absolute Gasteiger partial charge is 0.370 e. The van der Waals surface area contributed by atoms with Crippen molar-refractivity contribution in [2.75, 3.05) is 32.8 Å². The molecular weight excluding hydrogens is 237 g/mol. The molecule has 1 fully saturated rings. The van der Waals surface area contributed by atoms with Crippen LogP contribution in [0.1, 0.15) is 13.8 Å². The Hall–Kier alpha value is -0.820. The molecule has 0 aromatic heterocycles. The Morgan fingerprint density at radius 2 is 2.12 bits per heavy atom. The molecule has 0 aromatic carbocycles. The fourth-order valence-corrected chi connectivity index (χ4v) is 1.65. The highest BCUT2D eigenvalue weighted by molar-refractivity contribution is 5.86. The van der Waals surface area contributed by atoms with E-state index >= 15 is 0 Å². The van der Waals surface area contributed by atoms with Crippen molar-refractivity contribution in [3.63, 3.8) is 0 Å². The number of piperazine rings is 1. The maximum absolute atomic E-state index is 11.8. The van der Waals surface area contributed by atoms with Gasteiger partial charge in [-0.3, -0.25) is 4.79 Å². The van der Waals surface area contributed by atoms with Crippen LogP contribution in [-0.4, -0.2) is 55.4 Å². The summed E-state index contributed by atoms with van der Waals surface area (Å²) in [5.41, 5.74) is -0.651. The van der Waals surface area contributed by atoms with Gasteiger partial charge in [0.1, 0.15) is 6.61 Å². The molecule has 4 nitrogen and oxygen atoms in total. The topological polar surface area (TPSA) is 41.6 Å². The first-order valence-electron chi connectivity index (χ1n) is 5.41. The van der Waals surface area contributed by atoms with Crippen LogP contribution < -0.4 is 5.32 Å². The second kappa shape index (κ2) is 5.22. The molecule has 0 spiro atoms. The van der Waals surface area contributed by atoms with Gasteiger partial charge in [0.25, 0.3) is 0 Å². The molecule has 1 heterocycles. The van der Waals surface area contributed by atoms with Crippen LogP contribution in [0, 0.1) is 0 Å². The van der Waals surface area contributed by atoms with E-state index < -0.39 is 18.3 Å². The van der Waals surface area contributed by atoms with Gasteiger partial charge < -0.3 is 15.0 Å². The van der Waals surface area contributed by atoms with E-state index in [1.807, 2.05) is 0 Å². The Labute approximate surface area is 98.1 Å². The molecule has 0 atom stereocenters. The highest BCUT2D eigenvalue weighted by atomic mass is 19.4. The monoisotopic (exact) mass is 254 g/mol. The Morgan fingerprint density at radius 1 is 1.47 bits per heavy atom. The maximum Gasteiger partial charge on any atom is 0.411 e. The Balaban J connectivity index is 2.30. The average molecular weight is 254 g/mol. The van der Waals surface area contributed by atoms with E-state index in [1.165, 1.54) is 4.90 Å². The fraction of sp³-hybridized carbons (Fsp3) is 0.900. The van der Waals surface area contributed by atoms with E-state index in [4.69, 9.17) is 0 Å². The van der Waals surface area contributed by atoms with Gasteiger partial charge in [0.15, 0.2) is 0 Å². The van der Waals surface area contributed by atoms with Crippen molar-refractivity contribution in [2.24, 2.45) is 0 Å². The van der Waals surface area contributed by atoms with Crippen LogP contribution in [-0.2, 0) is 9.53 Å². The lowest BCUT2D eigenvalue weighted by Gasteiger charge is -2.38. The number of hydrogen-bond acceptors (Lipinski definition) is 3. The van der Waals surface area contributed by atoms with Crippen molar-refractivity contribution in [2.45, 2.75) is 25.6 Å². The van der Waals surface area contributed by atoms with Crippen LogP contribution >= 0.6 is 0 Å². The van der Waals surface area contributed by atoms with E-state index in [0.717, 1.165) is 0 Å². The van der Waals surface area contributed by atoms with Crippen LogP contribution in [0.15, 0.2) is 0 Å². The number of amides is 1. The first-order chi connectivity index (χ1) is 7.72. The van der Waals surface area contributed by atoms with E-state index in [1.54, 1.807) is 13.8 Å². The third kappa shape index (κ3) is 4.51. The number of rotatable bonds is 4. The van der Waals surface area contributed by atoms with E-state index in [2.05, 4.69) is 10.1 Å².